The van der Waals surface area contributed by atoms with Gasteiger partial charge in [0.1, 0.15) is 0 Å². The highest BCUT2D eigenvalue weighted by Crippen LogP contribution is 2.18. The molecule has 2 N–H and O–H groups in total. The number of rotatable bonds is 7. The first-order valence-corrected chi connectivity index (χ1v) is 10.8. The third kappa shape index (κ3) is 6.04. The topological polar surface area (TPSA) is 95.6 Å². The number of aryl methyl sites for hydroxylation is 1. The van der Waals surface area contributed by atoms with E-state index in [-0.39, 0.29) is 41.6 Å². The van der Waals surface area contributed by atoms with Gasteiger partial charge in [-0.05, 0) is 31.9 Å². The van der Waals surface area contributed by atoms with Crippen LogP contribution in [0.5, 0.6) is 0 Å². The number of amides is 2. The second kappa shape index (κ2) is 9.32. The number of nitrogens with zero attached hydrogens (tertiary/aromatic N) is 1. The van der Waals surface area contributed by atoms with Gasteiger partial charge in [-0.3, -0.25) is 9.59 Å². The fourth-order valence-corrected chi connectivity index (χ4v) is 4.10. The van der Waals surface area contributed by atoms with Crippen molar-refractivity contribution in [1.82, 2.24) is 14.9 Å². The quantitative estimate of drug-likeness (QED) is 0.680. The van der Waals surface area contributed by atoms with E-state index in [1.54, 1.807) is 29.2 Å². The van der Waals surface area contributed by atoms with Crippen LogP contribution in [-0.4, -0.2) is 51.3 Å². The van der Waals surface area contributed by atoms with E-state index in [9.17, 15) is 18.0 Å². The van der Waals surface area contributed by atoms with E-state index in [1.165, 1.54) is 0 Å². The molecule has 150 valence electrons. The van der Waals surface area contributed by atoms with Crippen molar-refractivity contribution in [2.24, 2.45) is 11.8 Å². The lowest BCUT2D eigenvalue weighted by atomic mass is 9.96. The molecule has 0 spiro atoms. The van der Waals surface area contributed by atoms with Crippen molar-refractivity contribution in [3.8, 4) is 0 Å². The molecule has 0 aromatic heterocycles. The fraction of sp³-hybridized carbons (Fsp3) is 0.579. The number of nitrogens with one attached hydrogen (secondary N) is 2. The van der Waals surface area contributed by atoms with Crippen molar-refractivity contribution >= 4 is 21.8 Å². The average Bonchev–Trinajstić information content (AvgIpc) is 2.64. The molecule has 2 rings (SSSR count). The Morgan fingerprint density at radius 2 is 1.85 bits per heavy atom. The average molecular weight is 396 g/mol. The SMILES string of the molecule is Cc1ccc(S(=O)(=O)NCCNC(=O)[C@H]2CCCN(C(=O)C(C)C)C2)cc1. The summed E-state index contributed by atoms with van der Waals surface area (Å²) in [7, 11) is -3.58. The smallest absolute Gasteiger partial charge is 0.240 e. The largest absolute Gasteiger partial charge is 0.354 e. The zero-order valence-corrected chi connectivity index (χ0v) is 17.0. The number of carbonyl (C=O) groups excluding carboxylic acids is 2. The number of hydrogen-bond donors (Lipinski definition) is 2. The van der Waals surface area contributed by atoms with Crippen molar-refractivity contribution in [3.63, 3.8) is 0 Å². The molecule has 2 amide bonds. The van der Waals surface area contributed by atoms with Crippen LogP contribution in [0.2, 0.25) is 0 Å². The maximum absolute atomic E-state index is 12.3. The Bertz CT molecular complexity index is 760. The molecule has 1 saturated heterocycles. The predicted octanol–water partition coefficient (Wildman–Crippen LogP) is 1.28. The fourth-order valence-electron chi connectivity index (χ4n) is 3.07. The molecule has 8 heteroatoms. The van der Waals surface area contributed by atoms with Crippen molar-refractivity contribution in [3.05, 3.63) is 29.8 Å². The Labute approximate surface area is 161 Å². The van der Waals surface area contributed by atoms with Gasteiger partial charge in [-0.1, -0.05) is 31.5 Å². The number of likely N-dealkylation sites (tertiary alicyclic amines) is 1. The van der Waals surface area contributed by atoms with Crippen LogP contribution in [0, 0.1) is 18.8 Å². The van der Waals surface area contributed by atoms with Crippen LogP contribution in [0.3, 0.4) is 0 Å². The molecule has 0 aliphatic carbocycles. The molecule has 27 heavy (non-hydrogen) atoms. The van der Waals surface area contributed by atoms with Crippen LogP contribution < -0.4 is 10.0 Å². The molecular weight excluding hydrogens is 366 g/mol. The number of sulfonamides is 1. The van der Waals surface area contributed by atoms with Crippen molar-refractivity contribution in [1.29, 1.82) is 0 Å². The number of hydrogen-bond acceptors (Lipinski definition) is 4. The predicted molar refractivity (Wildman–Crippen MR) is 104 cm³/mol. The zero-order valence-electron chi connectivity index (χ0n) is 16.2. The lowest BCUT2D eigenvalue weighted by Gasteiger charge is -2.33. The molecule has 1 fully saturated rings. The first-order valence-electron chi connectivity index (χ1n) is 9.33. The molecule has 1 heterocycles. The van der Waals surface area contributed by atoms with Gasteiger partial charge in [-0.2, -0.15) is 0 Å². The Hall–Kier alpha value is -1.93. The highest BCUT2D eigenvalue weighted by atomic mass is 32.2. The molecule has 1 aliphatic rings. The van der Waals surface area contributed by atoms with Gasteiger partial charge in [-0.15, -0.1) is 0 Å². The van der Waals surface area contributed by atoms with Gasteiger partial charge >= 0.3 is 0 Å². The second-order valence-corrected chi connectivity index (χ2v) is 9.05. The number of piperidine rings is 1. The molecule has 7 nitrogen and oxygen atoms in total. The lowest BCUT2D eigenvalue weighted by molar-refractivity contribution is -0.138. The molecule has 0 bridgehead atoms. The van der Waals surface area contributed by atoms with Crippen molar-refractivity contribution < 1.29 is 18.0 Å². The van der Waals surface area contributed by atoms with Gasteiger partial charge in [0.2, 0.25) is 21.8 Å². The molecule has 1 aromatic rings. The maximum atomic E-state index is 12.3. The minimum atomic E-state index is -3.58. The standard InChI is InChI=1S/C19H29N3O4S/c1-14(2)19(24)22-12-4-5-16(13-22)18(23)20-10-11-21-27(25,26)17-8-6-15(3)7-9-17/h6-9,14,16,21H,4-5,10-13H2,1-3H3,(H,20,23)/t16-/m0/s1. The first kappa shape index (κ1) is 21.4. The Balaban J connectivity index is 1.78. The summed E-state index contributed by atoms with van der Waals surface area (Å²) in [4.78, 5) is 26.4. The first-order chi connectivity index (χ1) is 12.7. The third-order valence-electron chi connectivity index (χ3n) is 4.65. The van der Waals surface area contributed by atoms with E-state index >= 15 is 0 Å². The van der Waals surface area contributed by atoms with Crippen molar-refractivity contribution in [2.75, 3.05) is 26.2 Å². The highest BCUT2D eigenvalue weighted by Gasteiger charge is 2.29. The van der Waals surface area contributed by atoms with E-state index in [2.05, 4.69) is 10.0 Å². The summed E-state index contributed by atoms with van der Waals surface area (Å²) in [6.07, 6.45) is 1.54. The maximum Gasteiger partial charge on any atom is 0.240 e. The molecule has 0 unspecified atom stereocenters. The minimum Gasteiger partial charge on any atom is -0.354 e. The van der Waals surface area contributed by atoms with E-state index in [0.29, 0.717) is 13.1 Å². The Morgan fingerprint density at radius 1 is 1.19 bits per heavy atom. The van der Waals surface area contributed by atoms with Gasteiger partial charge in [-0.25, -0.2) is 13.1 Å². The second-order valence-electron chi connectivity index (χ2n) is 7.28. The summed E-state index contributed by atoms with van der Waals surface area (Å²) in [6.45, 7) is 7.04. The van der Waals surface area contributed by atoms with Gasteiger partial charge in [0.05, 0.1) is 10.8 Å². The number of benzene rings is 1. The van der Waals surface area contributed by atoms with E-state index < -0.39 is 10.0 Å². The monoisotopic (exact) mass is 395 g/mol. The van der Waals surface area contributed by atoms with Crippen LogP contribution in [0.1, 0.15) is 32.3 Å². The van der Waals surface area contributed by atoms with Crippen molar-refractivity contribution in [2.45, 2.75) is 38.5 Å². The summed E-state index contributed by atoms with van der Waals surface area (Å²) in [5.41, 5.74) is 0.985. The van der Waals surface area contributed by atoms with Gasteiger partial charge in [0.25, 0.3) is 0 Å². The molecule has 0 saturated carbocycles. The van der Waals surface area contributed by atoms with Crippen LogP contribution >= 0.6 is 0 Å². The van der Waals surface area contributed by atoms with E-state index in [0.717, 1.165) is 18.4 Å². The summed E-state index contributed by atoms with van der Waals surface area (Å²) in [5.74, 6) is -0.387. The van der Waals surface area contributed by atoms with Gasteiger partial charge < -0.3 is 10.2 Å². The van der Waals surface area contributed by atoms with Crippen LogP contribution in [-0.2, 0) is 19.6 Å². The summed E-state index contributed by atoms with van der Waals surface area (Å²) >= 11 is 0. The summed E-state index contributed by atoms with van der Waals surface area (Å²) in [5, 5.41) is 2.77. The lowest BCUT2D eigenvalue weighted by Crippen LogP contribution is -2.47. The normalized spacial score (nSPS) is 17.8. The molecular formula is C19H29N3O4S. The van der Waals surface area contributed by atoms with Gasteiger partial charge in [0, 0.05) is 32.1 Å². The highest BCUT2D eigenvalue weighted by molar-refractivity contribution is 7.89. The zero-order chi connectivity index (χ0) is 20.0. The molecule has 0 radical (unpaired) electrons. The molecule has 1 atom stereocenters. The Morgan fingerprint density at radius 3 is 2.48 bits per heavy atom. The van der Waals surface area contributed by atoms with Gasteiger partial charge in [0.15, 0.2) is 0 Å². The van der Waals surface area contributed by atoms with Crippen LogP contribution in [0.4, 0.5) is 0 Å². The molecule has 1 aliphatic heterocycles. The minimum absolute atomic E-state index is 0.0679. The van der Waals surface area contributed by atoms with Crippen LogP contribution in [0.25, 0.3) is 0 Å². The van der Waals surface area contributed by atoms with E-state index in [1.807, 2.05) is 20.8 Å². The summed E-state index contributed by atoms with van der Waals surface area (Å²) in [6, 6.07) is 6.59. The number of carbonyl (C=O) groups is 2. The third-order valence-corrected chi connectivity index (χ3v) is 6.12. The van der Waals surface area contributed by atoms with Crippen LogP contribution in [0.15, 0.2) is 29.2 Å². The van der Waals surface area contributed by atoms with E-state index in [4.69, 9.17) is 0 Å². The molecule has 1 aromatic carbocycles. The Kier molecular flexibility index (Phi) is 7.38. The summed E-state index contributed by atoms with van der Waals surface area (Å²) < 4.78 is 26.9.